The summed E-state index contributed by atoms with van der Waals surface area (Å²) in [6.45, 7) is 4.76. The van der Waals surface area contributed by atoms with Gasteiger partial charge in [-0.3, -0.25) is 10.2 Å². The molecule has 0 spiro atoms. The van der Waals surface area contributed by atoms with E-state index in [0.29, 0.717) is 12.2 Å². The second kappa shape index (κ2) is 7.11. The number of rotatable bonds is 4. The number of esters is 1. The summed E-state index contributed by atoms with van der Waals surface area (Å²) in [7, 11) is 2.17. The molecule has 1 aromatic rings. The predicted molar refractivity (Wildman–Crippen MR) is 88.7 cm³/mol. The third-order valence-corrected chi connectivity index (χ3v) is 4.78. The van der Waals surface area contributed by atoms with E-state index < -0.39 is 11.9 Å². The Hall–Kier alpha value is -2.25. The highest BCUT2D eigenvalue weighted by Crippen LogP contribution is 2.29. The van der Waals surface area contributed by atoms with Crippen molar-refractivity contribution in [3.63, 3.8) is 0 Å². The van der Waals surface area contributed by atoms with Gasteiger partial charge in [-0.05, 0) is 11.6 Å². The lowest BCUT2D eigenvalue weighted by Crippen LogP contribution is -3.27. The molecule has 2 heterocycles. The minimum atomic E-state index is -0.578. The third-order valence-electron chi connectivity index (χ3n) is 4.78. The summed E-state index contributed by atoms with van der Waals surface area (Å²) >= 11 is 0. The van der Waals surface area contributed by atoms with Crippen LogP contribution in [0.2, 0.25) is 0 Å². The van der Waals surface area contributed by atoms with Gasteiger partial charge in [0.05, 0.1) is 13.0 Å². The van der Waals surface area contributed by atoms with Gasteiger partial charge in [0.1, 0.15) is 38.5 Å². The molecular formula is C17H24N4O3+2. The standard InChI is InChI=1S/C17H22N4O3/c1-20-6-8-21(9-7-20)10-15(22)19-14-5-3-2-4-12(14)13-11-24-17(23)16(13)18/h2-5,13,18H,6-11H2,1H3,(H,19,22)/p+2/t13-/m0/s1. The number of amides is 1. The number of nitrogens with one attached hydrogen (secondary N) is 4. The van der Waals surface area contributed by atoms with E-state index in [4.69, 9.17) is 10.1 Å². The molecule has 0 aliphatic carbocycles. The summed E-state index contributed by atoms with van der Waals surface area (Å²) in [4.78, 5) is 26.6. The van der Waals surface area contributed by atoms with Crippen LogP contribution in [0.5, 0.6) is 0 Å². The van der Waals surface area contributed by atoms with Crippen LogP contribution in [0, 0.1) is 5.41 Å². The fourth-order valence-electron chi connectivity index (χ4n) is 3.25. The lowest BCUT2D eigenvalue weighted by atomic mass is 9.95. The Morgan fingerprint density at radius 3 is 2.67 bits per heavy atom. The third kappa shape index (κ3) is 3.63. The van der Waals surface area contributed by atoms with Crippen molar-refractivity contribution in [2.45, 2.75) is 5.92 Å². The quantitative estimate of drug-likeness (QED) is 0.468. The van der Waals surface area contributed by atoms with Gasteiger partial charge in [-0.2, -0.15) is 0 Å². The zero-order chi connectivity index (χ0) is 17.1. The van der Waals surface area contributed by atoms with E-state index in [0.717, 1.165) is 31.7 Å². The summed E-state index contributed by atoms with van der Waals surface area (Å²) in [5.74, 6) is -1.02. The van der Waals surface area contributed by atoms with E-state index in [1.807, 2.05) is 24.3 Å². The lowest BCUT2D eigenvalue weighted by molar-refractivity contribution is -0.999. The molecule has 2 aliphatic rings. The second-order valence-corrected chi connectivity index (χ2v) is 6.58. The summed E-state index contributed by atoms with van der Waals surface area (Å²) in [6, 6.07) is 7.33. The molecule has 0 radical (unpaired) electrons. The summed E-state index contributed by atoms with van der Waals surface area (Å²) in [6.07, 6.45) is 0. The normalized spacial score (nSPS) is 27.0. The number of cyclic esters (lactones) is 1. The number of hydrogen-bond donors (Lipinski definition) is 4. The largest absolute Gasteiger partial charge is 0.460 e. The van der Waals surface area contributed by atoms with Crippen LogP contribution >= 0.6 is 0 Å². The van der Waals surface area contributed by atoms with Gasteiger partial charge in [0.15, 0.2) is 6.54 Å². The summed E-state index contributed by atoms with van der Waals surface area (Å²) in [5.41, 5.74) is 1.37. The van der Waals surface area contributed by atoms with Gasteiger partial charge < -0.3 is 19.9 Å². The number of ether oxygens (including phenoxy) is 1. The molecule has 0 bridgehead atoms. The maximum Gasteiger partial charge on any atom is 0.352 e. The Labute approximate surface area is 141 Å². The molecule has 0 aromatic heterocycles. The van der Waals surface area contributed by atoms with Gasteiger partial charge in [-0.25, -0.2) is 4.79 Å². The fourth-order valence-corrected chi connectivity index (χ4v) is 3.25. The van der Waals surface area contributed by atoms with Gasteiger partial charge in [0, 0.05) is 5.69 Å². The summed E-state index contributed by atoms with van der Waals surface area (Å²) < 4.78 is 4.94. The molecular weight excluding hydrogens is 308 g/mol. The van der Waals surface area contributed by atoms with E-state index >= 15 is 0 Å². The highest BCUT2D eigenvalue weighted by molar-refractivity contribution is 6.39. The van der Waals surface area contributed by atoms with Crippen LogP contribution in [0.15, 0.2) is 24.3 Å². The number of para-hydroxylation sites is 1. The number of quaternary nitrogens is 2. The Morgan fingerprint density at radius 2 is 2.00 bits per heavy atom. The Balaban J connectivity index is 1.66. The number of likely N-dealkylation sites (N-methyl/N-ethyl adjacent to an activating group) is 1. The van der Waals surface area contributed by atoms with Crippen molar-refractivity contribution < 1.29 is 24.1 Å². The number of piperazine rings is 1. The van der Waals surface area contributed by atoms with Crippen LogP contribution in [0.1, 0.15) is 11.5 Å². The lowest BCUT2D eigenvalue weighted by Gasteiger charge is -2.26. The smallest absolute Gasteiger partial charge is 0.352 e. The molecule has 0 unspecified atom stereocenters. The van der Waals surface area contributed by atoms with Crippen LogP contribution in [-0.2, 0) is 14.3 Å². The first-order chi connectivity index (χ1) is 11.5. The maximum atomic E-state index is 12.4. The molecule has 7 nitrogen and oxygen atoms in total. The molecule has 4 N–H and O–H groups in total. The molecule has 24 heavy (non-hydrogen) atoms. The highest BCUT2D eigenvalue weighted by atomic mass is 16.5. The first kappa shape index (κ1) is 16.6. The minimum Gasteiger partial charge on any atom is -0.460 e. The molecule has 1 atom stereocenters. The molecule has 2 saturated heterocycles. The predicted octanol–water partition coefficient (Wildman–Crippen LogP) is -2.30. The van der Waals surface area contributed by atoms with E-state index in [-0.39, 0.29) is 18.2 Å². The van der Waals surface area contributed by atoms with Crippen molar-refractivity contribution in [1.82, 2.24) is 0 Å². The van der Waals surface area contributed by atoms with Crippen molar-refractivity contribution in [2.24, 2.45) is 0 Å². The van der Waals surface area contributed by atoms with Gasteiger partial charge in [-0.15, -0.1) is 0 Å². The first-order valence-corrected chi connectivity index (χ1v) is 8.34. The average Bonchev–Trinajstić information content (AvgIpc) is 2.90. The number of hydrogen-bond acceptors (Lipinski definition) is 4. The van der Waals surface area contributed by atoms with Crippen LogP contribution in [0.3, 0.4) is 0 Å². The van der Waals surface area contributed by atoms with Crippen molar-refractivity contribution in [3.05, 3.63) is 29.8 Å². The van der Waals surface area contributed by atoms with Crippen LogP contribution in [0.25, 0.3) is 0 Å². The molecule has 3 rings (SSSR count). The number of carbonyl (C=O) groups excluding carboxylic acids is 2. The van der Waals surface area contributed by atoms with Gasteiger partial charge >= 0.3 is 5.97 Å². The van der Waals surface area contributed by atoms with Crippen LogP contribution in [0.4, 0.5) is 5.69 Å². The zero-order valence-electron chi connectivity index (χ0n) is 13.9. The highest BCUT2D eigenvalue weighted by Gasteiger charge is 2.34. The number of benzene rings is 1. The number of carbonyl (C=O) groups is 2. The molecule has 2 aliphatic heterocycles. The van der Waals surface area contributed by atoms with Crippen molar-refractivity contribution >= 4 is 23.3 Å². The monoisotopic (exact) mass is 332 g/mol. The van der Waals surface area contributed by atoms with E-state index in [2.05, 4.69) is 12.4 Å². The topological polar surface area (TPSA) is 88.1 Å². The first-order valence-electron chi connectivity index (χ1n) is 8.34. The molecule has 2 fully saturated rings. The average molecular weight is 332 g/mol. The Morgan fingerprint density at radius 1 is 1.29 bits per heavy atom. The van der Waals surface area contributed by atoms with E-state index in [1.54, 1.807) is 0 Å². The summed E-state index contributed by atoms with van der Waals surface area (Å²) in [5, 5.41) is 10.8. The van der Waals surface area contributed by atoms with Crippen molar-refractivity contribution in [2.75, 3.05) is 51.7 Å². The van der Waals surface area contributed by atoms with Crippen LogP contribution < -0.4 is 15.1 Å². The second-order valence-electron chi connectivity index (χ2n) is 6.58. The molecule has 0 saturated carbocycles. The fraction of sp³-hybridized carbons (Fsp3) is 0.471. The van der Waals surface area contributed by atoms with Gasteiger partial charge in [0.2, 0.25) is 0 Å². The van der Waals surface area contributed by atoms with Crippen molar-refractivity contribution in [1.29, 1.82) is 5.41 Å². The van der Waals surface area contributed by atoms with Crippen molar-refractivity contribution in [3.8, 4) is 0 Å². The van der Waals surface area contributed by atoms with E-state index in [1.165, 1.54) is 9.80 Å². The minimum absolute atomic E-state index is 0.0335. The molecule has 1 aromatic carbocycles. The Kier molecular flexibility index (Phi) is 4.92. The number of anilines is 1. The molecule has 7 heteroatoms. The zero-order valence-corrected chi connectivity index (χ0v) is 13.9. The molecule has 128 valence electrons. The molecule has 1 amide bonds. The van der Waals surface area contributed by atoms with Gasteiger partial charge in [0.25, 0.3) is 5.91 Å². The van der Waals surface area contributed by atoms with Crippen LogP contribution in [-0.4, -0.2) is 64.0 Å². The van der Waals surface area contributed by atoms with Gasteiger partial charge in [-0.1, -0.05) is 18.2 Å². The Bertz CT molecular complexity index is 653. The van der Waals surface area contributed by atoms with E-state index in [9.17, 15) is 9.59 Å². The maximum absolute atomic E-state index is 12.4. The SMILES string of the molecule is C[NH+]1CC[NH+](CC(=O)Nc2ccccc2[C@@H]2COC(=O)C2=N)CC1.